The van der Waals surface area contributed by atoms with E-state index in [0.717, 1.165) is 25.0 Å². The van der Waals surface area contributed by atoms with Crippen molar-refractivity contribution in [1.82, 2.24) is 5.32 Å². The summed E-state index contributed by atoms with van der Waals surface area (Å²) >= 11 is 0. The lowest BCUT2D eigenvalue weighted by Gasteiger charge is -2.26. The summed E-state index contributed by atoms with van der Waals surface area (Å²) in [7, 11) is 0. The van der Waals surface area contributed by atoms with Crippen LogP contribution in [-0.2, 0) is 4.74 Å². The molecular formula is C13H27NO. The summed E-state index contributed by atoms with van der Waals surface area (Å²) in [5.41, 5.74) is 0. The number of hydrogen-bond acceptors (Lipinski definition) is 2. The molecule has 0 aromatic rings. The second kappa shape index (κ2) is 8.12. The molecule has 1 aliphatic carbocycles. The minimum absolute atomic E-state index is 0.802. The lowest BCUT2D eigenvalue weighted by molar-refractivity contribution is 0.130. The first kappa shape index (κ1) is 13.0. The molecule has 1 unspecified atom stereocenters. The van der Waals surface area contributed by atoms with Crippen LogP contribution in [0, 0.1) is 11.8 Å². The zero-order valence-corrected chi connectivity index (χ0v) is 10.4. The minimum atomic E-state index is 0.802. The molecule has 1 N–H and O–H groups in total. The molecule has 15 heavy (non-hydrogen) atoms. The molecule has 0 bridgehead atoms. The van der Waals surface area contributed by atoms with Crippen LogP contribution in [0.25, 0.3) is 0 Å². The molecule has 0 amide bonds. The van der Waals surface area contributed by atoms with E-state index in [-0.39, 0.29) is 0 Å². The Morgan fingerprint density at radius 2 is 2.13 bits per heavy atom. The molecule has 1 aliphatic rings. The predicted octanol–water partition coefficient (Wildman–Crippen LogP) is 2.83. The average molecular weight is 213 g/mol. The number of ether oxygens (including phenoxy) is 1. The molecule has 0 aromatic heterocycles. The van der Waals surface area contributed by atoms with Crippen LogP contribution in [-0.4, -0.2) is 26.3 Å². The third-order valence-corrected chi connectivity index (χ3v) is 3.54. The maximum absolute atomic E-state index is 5.40. The molecule has 1 saturated carbocycles. The van der Waals surface area contributed by atoms with Gasteiger partial charge in [0, 0.05) is 13.2 Å². The van der Waals surface area contributed by atoms with Gasteiger partial charge in [-0.15, -0.1) is 0 Å². The van der Waals surface area contributed by atoms with Crippen LogP contribution in [0.4, 0.5) is 0 Å². The van der Waals surface area contributed by atoms with Crippen molar-refractivity contribution in [3.8, 4) is 0 Å². The highest BCUT2D eigenvalue weighted by atomic mass is 16.5. The molecule has 0 spiro atoms. The van der Waals surface area contributed by atoms with Gasteiger partial charge in [0.15, 0.2) is 0 Å². The quantitative estimate of drug-likeness (QED) is 0.595. The molecular weight excluding hydrogens is 186 g/mol. The molecule has 1 rings (SSSR count). The molecule has 2 nitrogen and oxygen atoms in total. The summed E-state index contributed by atoms with van der Waals surface area (Å²) in [5, 5.41) is 3.61. The SMILES string of the molecule is CCOCCC(CC)CNCC1CCC1. The molecule has 90 valence electrons. The predicted molar refractivity (Wildman–Crippen MR) is 65.1 cm³/mol. The zero-order valence-electron chi connectivity index (χ0n) is 10.4. The van der Waals surface area contributed by atoms with E-state index in [4.69, 9.17) is 4.74 Å². The van der Waals surface area contributed by atoms with Crippen LogP contribution in [0.2, 0.25) is 0 Å². The fourth-order valence-electron chi connectivity index (χ4n) is 2.03. The van der Waals surface area contributed by atoms with Crippen LogP contribution in [0.5, 0.6) is 0 Å². The van der Waals surface area contributed by atoms with E-state index >= 15 is 0 Å². The molecule has 1 fully saturated rings. The Bertz CT molecular complexity index is 145. The highest BCUT2D eigenvalue weighted by Gasteiger charge is 2.16. The smallest absolute Gasteiger partial charge is 0.0469 e. The molecule has 0 aromatic carbocycles. The van der Waals surface area contributed by atoms with E-state index in [1.54, 1.807) is 0 Å². The summed E-state index contributed by atoms with van der Waals surface area (Å²) in [6.45, 7) is 8.55. The Labute approximate surface area is 94.8 Å². The van der Waals surface area contributed by atoms with Gasteiger partial charge in [-0.3, -0.25) is 0 Å². The monoisotopic (exact) mass is 213 g/mol. The van der Waals surface area contributed by atoms with E-state index in [1.165, 1.54) is 45.2 Å². The van der Waals surface area contributed by atoms with Gasteiger partial charge in [0.1, 0.15) is 0 Å². The molecule has 0 saturated heterocycles. The van der Waals surface area contributed by atoms with Gasteiger partial charge in [0.05, 0.1) is 0 Å². The van der Waals surface area contributed by atoms with Gasteiger partial charge in [-0.2, -0.15) is 0 Å². The maximum atomic E-state index is 5.40. The normalized spacial score (nSPS) is 18.8. The Hall–Kier alpha value is -0.0800. The van der Waals surface area contributed by atoms with Crippen LogP contribution in [0.3, 0.4) is 0 Å². The summed E-state index contributed by atoms with van der Waals surface area (Å²) in [6, 6.07) is 0. The Kier molecular flexibility index (Phi) is 7.03. The first-order valence-electron chi connectivity index (χ1n) is 6.65. The van der Waals surface area contributed by atoms with Crippen LogP contribution < -0.4 is 5.32 Å². The summed E-state index contributed by atoms with van der Waals surface area (Å²) in [4.78, 5) is 0. The van der Waals surface area contributed by atoms with Gasteiger partial charge >= 0.3 is 0 Å². The van der Waals surface area contributed by atoms with Crippen molar-refractivity contribution in [3.05, 3.63) is 0 Å². The van der Waals surface area contributed by atoms with Crippen molar-refractivity contribution in [2.45, 2.75) is 46.0 Å². The van der Waals surface area contributed by atoms with Crippen molar-refractivity contribution in [1.29, 1.82) is 0 Å². The van der Waals surface area contributed by atoms with Gasteiger partial charge < -0.3 is 10.1 Å². The average Bonchev–Trinajstić information content (AvgIpc) is 2.19. The van der Waals surface area contributed by atoms with E-state index in [2.05, 4.69) is 19.2 Å². The number of nitrogens with one attached hydrogen (secondary N) is 1. The third kappa shape index (κ3) is 5.53. The summed E-state index contributed by atoms with van der Waals surface area (Å²) in [5.74, 6) is 1.78. The molecule has 2 heteroatoms. The fraction of sp³-hybridized carbons (Fsp3) is 1.00. The topological polar surface area (TPSA) is 21.3 Å². The fourth-order valence-corrected chi connectivity index (χ4v) is 2.03. The van der Waals surface area contributed by atoms with Crippen molar-refractivity contribution < 1.29 is 4.74 Å². The molecule has 0 radical (unpaired) electrons. The van der Waals surface area contributed by atoms with Crippen LogP contribution in [0.1, 0.15) is 46.0 Å². The lowest BCUT2D eigenvalue weighted by Crippen LogP contribution is -2.31. The van der Waals surface area contributed by atoms with E-state index in [9.17, 15) is 0 Å². The highest BCUT2D eigenvalue weighted by molar-refractivity contribution is 4.72. The Morgan fingerprint density at radius 1 is 1.33 bits per heavy atom. The Balaban J connectivity index is 1.94. The van der Waals surface area contributed by atoms with Crippen LogP contribution >= 0.6 is 0 Å². The first-order chi connectivity index (χ1) is 7.36. The Morgan fingerprint density at radius 3 is 2.67 bits per heavy atom. The van der Waals surface area contributed by atoms with Gasteiger partial charge in [0.2, 0.25) is 0 Å². The maximum Gasteiger partial charge on any atom is 0.0469 e. The molecule has 0 aliphatic heterocycles. The van der Waals surface area contributed by atoms with Gasteiger partial charge in [-0.1, -0.05) is 19.8 Å². The highest BCUT2D eigenvalue weighted by Crippen LogP contribution is 2.25. The molecule has 1 atom stereocenters. The van der Waals surface area contributed by atoms with Crippen molar-refractivity contribution >= 4 is 0 Å². The third-order valence-electron chi connectivity index (χ3n) is 3.54. The van der Waals surface area contributed by atoms with Crippen LogP contribution in [0.15, 0.2) is 0 Å². The first-order valence-corrected chi connectivity index (χ1v) is 6.65. The standard InChI is InChI=1S/C13H27NO/c1-3-12(8-9-15-4-2)10-14-11-13-6-5-7-13/h12-14H,3-11H2,1-2H3. The summed E-state index contributed by atoms with van der Waals surface area (Å²) < 4.78 is 5.40. The molecule has 0 heterocycles. The largest absolute Gasteiger partial charge is 0.382 e. The zero-order chi connectivity index (χ0) is 10.9. The van der Waals surface area contributed by atoms with E-state index in [1.807, 2.05) is 0 Å². The van der Waals surface area contributed by atoms with Gasteiger partial charge in [-0.05, 0) is 51.1 Å². The van der Waals surface area contributed by atoms with E-state index < -0.39 is 0 Å². The number of hydrogen-bond donors (Lipinski definition) is 1. The van der Waals surface area contributed by atoms with Crippen molar-refractivity contribution in [2.75, 3.05) is 26.3 Å². The summed E-state index contributed by atoms with van der Waals surface area (Å²) in [6.07, 6.45) is 6.83. The van der Waals surface area contributed by atoms with Gasteiger partial charge in [0.25, 0.3) is 0 Å². The van der Waals surface area contributed by atoms with Crippen molar-refractivity contribution in [3.63, 3.8) is 0 Å². The minimum Gasteiger partial charge on any atom is -0.382 e. The lowest BCUT2D eigenvalue weighted by atomic mass is 9.85. The van der Waals surface area contributed by atoms with E-state index in [0.29, 0.717) is 0 Å². The van der Waals surface area contributed by atoms with Gasteiger partial charge in [-0.25, -0.2) is 0 Å². The van der Waals surface area contributed by atoms with Crippen molar-refractivity contribution in [2.24, 2.45) is 11.8 Å². The second-order valence-corrected chi connectivity index (χ2v) is 4.72. The number of rotatable bonds is 9. The second-order valence-electron chi connectivity index (χ2n) is 4.72.